The van der Waals surface area contributed by atoms with Gasteiger partial charge in [0.05, 0.1) is 31.2 Å². The molecular weight excluding hydrogens is 248 g/mol. The van der Waals surface area contributed by atoms with E-state index in [2.05, 4.69) is 5.32 Å². The number of amides is 1. The van der Waals surface area contributed by atoms with E-state index in [1.165, 1.54) is 7.11 Å². The third-order valence-electron chi connectivity index (χ3n) is 4.46. The Kier molecular flexibility index (Phi) is 3.45. The third-order valence-corrected chi connectivity index (χ3v) is 4.46. The smallest absolute Gasteiger partial charge is 0.312 e. The molecule has 0 aromatic carbocycles. The van der Waals surface area contributed by atoms with Gasteiger partial charge in [-0.2, -0.15) is 0 Å². The molecule has 0 aromatic rings. The molecule has 0 unspecified atom stereocenters. The first-order chi connectivity index (χ1) is 9.22. The second kappa shape index (κ2) is 5.09. The Bertz CT molecular complexity index is 381. The van der Waals surface area contributed by atoms with E-state index in [0.717, 1.165) is 25.9 Å². The Morgan fingerprint density at radius 2 is 1.79 bits per heavy atom. The first-order valence-corrected chi connectivity index (χ1v) is 6.95. The fourth-order valence-electron chi connectivity index (χ4n) is 3.52. The molecule has 0 aliphatic carbocycles. The average Bonchev–Trinajstić information content (AvgIpc) is 3.07. The standard InChI is InChI=1S/C13H20N2O4/c1-18-13(17)11-9-3-2-8(19-9)10(11)12(16)15-6-4-14-5-7-15/h8-11,14H,2-7H2,1H3/t8-,9+,10-,11+/m0/s1. The molecule has 0 saturated carbocycles. The average molecular weight is 268 g/mol. The second-order valence-corrected chi connectivity index (χ2v) is 5.44. The van der Waals surface area contributed by atoms with Gasteiger partial charge in [0, 0.05) is 26.2 Å². The molecule has 2 bridgehead atoms. The Morgan fingerprint density at radius 3 is 2.42 bits per heavy atom. The molecule has 1 amide bonds. The van der Waals surface area contributed by atoms with Crippen LogP contribution in [0.4, 0.5) is 0 Å². The van der Waals surface area contributed by atoms with Gasteiger partial charge in [-0.15, -0.1) is 0 Å². The van der Waals surface area contributed by atoms with Gasteiger partial charge >= 0.3 is 5.97 Å². The van der Waals surface area contributed by atoms with Crippen molar-refractivity contribution in [3.8, 4) is 0 Å². The van der Waals surface area contributed by atoms with Gasteiger partial charge in [-0.1, -0.05) is 0 Å². The van der Waals surface area contributed by atoms with Gasteiger partial charge in [-0.05, 0) is 12.8 Å². The summed E-state index contributed by atoms with van der Waals surface area (Å²) in [6, 6.07) is 0. The molecule has 4 atom stereocenters. The summed E-state index contributed by atoms with van der Waals surface area (Å²) in [5.41, 5.74) is 0. The van der Waals surface area contributed by atoms with Crippen molar-refractivity contribution in [2.75, 3.05) is 33.3 Å². The van der Waals surface area contributed by atoms with Crippen molar-refractivity contribution in [1.29, 1.82) is 0 Å². The highest BCUT2D eigenvalue weighted by Gasteiger charge is 2.56. The summed E-state index contributed by atoms with van der Waals surface area (Å²) in [5, 5.41) is 3.22. The number of nitrogens with zero attached hydrogens (tertiary/aromatic N) is 1. The van der Waals surface area contributed by atoms with E-state index in [0.29, 0.717) is 13.1 Å². The normalized spacial score (nSPS) is 37.4. The van der Waals surface area contributed by atoms with Crippen LogP contribution in [-0.4, -0.2) is 62.3 Å². The van der Waals surface area contributed by atoms with Crippen LogP contribution >= 0.6 is 0 Å². The zero-order chi connectivity index (χ0) is 13.4. The summed E-state index contributed by atoms with van der Waals surface area (Å²) >= 11 is 0. The van der Waals surface area contributed by atoms with Gasteiger partial charge in [0.2, 0.25) is 5.91 Å². The number of carbonyl (C=O) groups is 2. The Labute approximate surface area is 112 Å². The highest BCUT2D eigenvalue weighted by Crippen LogP contribution is 2.44. The molecule has 0 spiro atoms. The van der Waals surface area contributed by atoms with Gasteiger partial charge in [0.15, 0.2) is 0 Å². The number of hydrogen-bond acceptors (Lipinski definition) is 5. The van der Waals surface area contributed by atoms with E-state index in [1.54, 1.807) is 0 Å². The lowest BCUT2D eigenvalue weighted by molar-refractivity contribution is -0.153. The largest absolute Gasteiger partial charge is 0.469 e. The minimum Gasteiger partial charge on any atom is -0.469 e. The zero-order valence-electron chi connectivity index (χ0n) is 11.1. The van der Waals surface area contributed by atoms with Crippen molar-refractivity contribution < 1.29 is 19.1 Å². The molecule has 0 aromatic heterocycles. The summed E-state index contributed by atoms with van der Waals surface area (Å²) < 4.78 is 10.6. The second-order valence-electron chi connectivity index (χ2n) is 5.44. The van der Waals surface area contributed by atoms with E-state index in [1.807, 2.05) is 4.90 Å². The van der Waals surface area contributed by atoms with Crippen LogP contribution in [0.25, 0.3) is 0 Å². The fourth-order valence-corrected chi connectivity index (χ4v) is 3.52. The van der Waals surface area contributed by atoms with E-state index in [4.69, 9.17) is 9.47 Å². The number of ether oxygens (including phenoxy) is 2. The predicted octanol–water partition coefficient (Wildman–Crippen LogP) is -0.615. The summed E-state index contributed by atoms with van der Waals surface area (Å²) in [4.78, 5) is 26.4. The molecule has 19 heavy (non-hydrogen) atoms. The van der Waals surface area contributed by atoms with Gasteiger partial charge < -0.3 is 19.7 Å². The minimum absolute atomic E-state index is 0.0594. The number of nitrogens with one attached hydrogen (secondary N) is 1. The van der Waals surface area contributed by atoms with Crippen molar-refractivity contribution in [1.82, 2.24) is 10.2 Å². The topological polar surface area (TPSA) is 67.9 Å². The van der Waals surface area contributed by atoms with E-state index in [-0.39, 0.29) is 30.0 Å². The van der Waals surface area contributed by atoms with E-state index in [9.17, 15) is 9.59 Å². The molecule has 3 fully saturated rings. The van der Waals surface area contributed by atoms with Crippen LogP contribution in [0.2, 0.25) is 0 Å². The number of hydrogen-bond donors (Lipinski definition) is 1. The monoisotopic (exact) mass is 268 g/mol. The molecule has 3 heterocycles. The zero-order valence-corrected chi connectivity index (χ0v) is 11.1. The maximum absolute atomic E-state index is 12.6. The Hall–Kier alpha value is -1.14. The minimum atomic E-state index is -0.411. The predicted molar refractivity (Wildman–Crippen MR) is 66.3 cm³/mol. The van der Waals surface area contributed by atoms with Crippen molar-refractivity contribution >= 4 is 11.9 Å². The molecule has 3 aliphatic rings. The van der Waals surface area contributed by atoms with Crippen LogP contribution in [-0.2, 0) is 19.1 Å². The summed E-state index contributed by atoms with van der Waals surface area (Å²) in [7, 11) is 1.38. The number of fused-ring (bicyclic) bond motifs is 2. The lowest BCUT2D eigenvalue weighted by Crippen LogP contribution is -2.52. The molecule has 6 heteroatoms. The van der Waals surface area contributed by atoms with Crippen LogP contribution in [0, 0.1) is 11.8 Å². The molecule has 3 saturated heterocycles. The highest BCUT2D eigenvalue weighted by molar-refractivity contribution is 5.87. The molecule has 6 nitrogen and oxygen atoms in total. The molecular formula is C13H20N2O4. The van der Waals surface area contributed by atoms with Crippen LogP contribution < -0.4 is 5.32 Å². The first kappa shape index (κ1) is 12.9. The highest BCUT2D eigenvalue weighted by atomic mass is 16.5. The number of rotatable bonds is 2. The van der Waals surface area contributed by atoms with Crippen molar-refractivity contribution in [2.24, 2.45) is 11.8 Å². The maximum atomic E-state index is 12.6. The number of piperazine rings is 1. The first-order valence-electron chi connectivity index (χ1n) is 6.95. The summed E-state index contributed by atoms with van der Waals surface area (Å²) in [5.74, 6) is -1.000. The molecule has 3 rings (SSSR count). The van der Waals surface area contributed by atoms with Gasteiger partial charge in [0.25, 0.3) is 0 Å². The quantitative estimate of drug-likeness (QED) is 0.676. The lowest BCUT2D eigenvalue weighted by atomic mass is 9.78. The van der Waals surface area contributed by atoms with E-state index < -0.39 is 5.92 Å². The maximum Gasteiger partial charge on any atom is 0.312 e. The van der Waals surface area contributed by atoms with E-state index >= 15 is 0 Å². The Morgan fingerprint density at radius 1 is 1.16 bits per heavy atom. The van der Waals surface area contributed by atoms with Crippen molar-refractivity contribution in [3.63, 3.8) is 0 Å². The van der Waals surface area contributed by atoms with Gasteiger partial charge in [0.1, 0.15) is 0 Å². The Balaban J connectivity index is 1.77. The summed E-state index contributed by atoms with van der Waals surface area (Å²) in [6.07, 6.45) is 1.50. The van der Waals surface area contributed by atoms with Gasteiger partial charge in [-0.25, -0.2) is 0 Å². The van der Waals surface area contributed by atoms with Crippen molar-refractivity contribution in [2.45, 2.75) is 25.0 Å². The number of methoxy groups -OCH3 is 1. The molecule has 106 valence electrons. The van der Waals surface area contributed by atoms with Crippen molar-refractivity contribution in [3.05, 3.63) is 0 Å². The summed E-state index contributed by atoms with van der Waals surface area (Å²) in [6.45, 7) is 3.05. The third kappa shape index (κ3) is 2.12. The fraction of sp³-hybridized carbons (Fsp3) is 0.846. The lowest BCUT2D eigenvalue weighted by Gasteiger charge is -2.33. The number of esters is 1. The van der Waals surface area contributed by atoms with Gasteiger partial charge in [-0.3, -0.25) is 9.59 Å². The van der Waals surface area contributed by atoms with Crippen LogP contribution in [0.5, 0.6) is 0 Å². The molecule has 3 aliphatic heterocycles. The molecule has 0 radical (unpaired) electrons. The van der Waals surface area contributed by atoms with Crippen LogP contribution in [0.3, 0.4) is 0 Å². The van der Waals surface area contributed by atoms with Crippen LogP contribution in [0.15, 0.2) is 0 Å². The number of carbonyl (C=O) groups excluding carboxylic acids is 2. The SMILES string of the molecule is COC(=O)[C@H]1[C@@H](C(=O)N2CCNCC2)[C@@H]2CC[C@H]1O2. The molecule has 1 N–H and O–H groups in total. The van der Waals surface area contributed by atoms with Crippen LogP contribution in [0.1, 0.15) is 12.8 Å².